The van der Waals surface area contributed by atoms with E-state index in [0.29, 0.717) is 11.6 Å². The number of aliphatic hydroxyl groups excluding tert-OH is 2. The van der Waals surface area contributed by atoms with Crippen molar-refractivity contribution in [1.82, 2.24) is 14.9 Å². The van der Waals surface area contributed by atoms with Crippen molar-refractivity contribution in [3.63, 3.8) is 0 Å². The summed E-state index contributed by atoms with van der Waals surface area (Å²) < 4.78 is 1.37. The van der Waals surface area contributed by atoms with Gasteiger partial charge in [-0.25, -0.2) is 0 Å². The minimum atomic E-state index is -0.815. The third-order valence-corrected chi connectivity index (χ3v) is 2.84. The topological polar surface area (TPSA) is 83.5 Å². The number of nitrogens with zero attached hydrogens (tertiary/aromatic N) is 4. The molecule has 2 rings (SSSR count). The number of aromatic nitrogens is 3. The summed E-state index contributed by atoms with van der Waals surface area (Å²) in [6.45, 7) is 5.17. The van der Waals surface area contributed by atoms with Gasteiger partial charge in [0.25, 0.3) is 0 Å². The molecule has 0 saturated carbocycles. The van der Waals surface area contributed by atoms with Crippen LogP contribution in [0.4, 0.5) is 0 Å². The lowest BCUT2D eigenvalue weighted by molar-refractivity contribution is 0.174. The summed E-state index contributed by atoms with van der Waals surface area (Å²) in [5.74, 6) is 0.591. The summed E-state index contributed by atoms with van der Waals surface area (Å²) in [5, 5.41) is 31.3. The van der Waals surface area contributed by atoms with Gasteiger partial charge in [-0.05, 0) is 26.3 Å². The zero-order chi connectivity index (χ0) is 14.7. The maximum absolute atomic E-state index is 9.65. The van der Waals surface area contributed by atoms with Crippen LogP contribution >= 0.6 is 0 Å². The van der Waals surface area contributed by atoms with E-state index < -0.39 is 12.2 Å². The molecule has 0 aliphatic rings. The first-order valence-corrected chi connectivity index (χ1v) is 6.41. The lowest BCUT2D eigenvalue weighted by Crippen LogP contribution is -2.08. The van der Waals surface area contributed by atoms with Crippen molar-refractivity contribution in [3.8, 4) is 0 Å². The predicted molar refractivity (Wildman–Crippen MR) is 75.5 cm³/mol. The Morgan fingerprint density at radius 3 is 2.00 bits per heavy atom. The SMILES string of the molecule is Cc1ccc(C=Nn2c(C(C)O)nnc2C(C)O)cc1. The quantitative estimate of drug-likeness (QED) is 0.829. The normalized spacial score (nSPS) is 14.7. The largest absolute Gasteiger partial charge is 0.385 e. The van der Waals surface area contributed by atoms with Crippen LogP contribution in [0.3, 0.4) is 0 Å². The molecule has 20 heavy (non-hydrogen) atoms. The molecule has 1 heterocycles. The lowest BCUT2D eigenvalue weighted by Gasteiger charge is -2.07. The standard InChI is InChI=1S/C14H18N4O2/c1-9-4-6-12(7-5-9)8-15-18-13(10(2)19)16-17-14(18)11(3)20/h4-8,10-11,19-20H,1-3H3. The Morgan fingerprint density at radius 1 is 1.05 bits per heavy atom. The van der Waals surface area contributed by atoms with Crippen LogP contribution in [0.5, 0.6) is 0 Å². The first-order valence-electron chi connectivity index (χ1n) is 6.41. The van der Waals surface area contributed by atoms with E-state index in [1.54, 1.807) is 20.1 Å². The Morgan fingerprint density at radius 2 is 1.55 bits per heavy atom. The Kier molecular flexibility index (Phi) is 4.26. The molecule has 0 saturated heterocycles. The van der Waals surface area contributed by atoms with E-state index in [9.17, 15) is 10.2 Å². The molecule has 0 radical (unpaired) electrons. The van der Waals surface area contributed by atoms with Crippen LogP contribution in [-0.2, 0) is 0 Å². The monoisotopic (exact) mass is 274 g/mol. The van der Waals surface area contributed by atoms with Gasteiger partial charge in [0, 0.05) is 0 Å². The fraction of sp³-hybridized carbons (Fsp3) is 0.357. The van der Waals surface area contributed by atoms with E-state index in [2.05, 4.69) is 15.3 Å². The Bertz CT molecular complexity index is 575. The molecule has 0 spiro atoms. The summed E-state index contributed by atoms with van der Waals surface area (Å²) in [4.78, 5) is 0. The van der Waals surface area contributed by atoms with Crippen molar-refractivity contribution in [2.45, 2.75) is 33.0 Å². The van der Waals surface area contributed by atoms with Gasteiger partial charge in [-0.3, -0.25) is 0 Å². The van der Waals surface area contributed by atoms with Gasteiger partial charge in [-0.1, -0.05) is 29.8 Å². The maximum atomic E-state index is 9.65. The molecule has 0 fully saturated rings. The third kappa shape index (κ3) is 3.09. The van der Waals surface area contributed by atoms with Crippen molar-refractivity contribution < 1.29 is 10.2 Å². The van der Waals surface area contributed by atoms with Gasteiger partial charge in [0.2, 0.25) is 0 Å². The van der Waals surface area contributed by atoms with Gasteiger partial charge in [-0.15, -0.1) is 10.2 Å². The summed E-state index contributed by atoms with van der Waals surface area (Å²) in [7, 11) is 0. The Hall–Kier alpha value is -2.05. The molecular formula is C14H18N4O2. The molecule has 2 aromatic rings. The number of aliphatic hydroxyl groups is 2. The van der Waals surface area contributed by atoms with Gasteiger partial charge in [0.1, 0.15) is 12.2 Å². The fourth-order valence-electron chi connectivity index (χ4n) is 1.72. The minimum Gasteiger partial charge on any atom is -0.385 e. The number of hydrogen-bond donors (Lipinski definition) is 2. The molecule has 0 aliphatic carbocycles. The second-order valence-electron chi connectivity index (χ2n) is 4.74. The van der Waals surface area contributed by atoms with Gasteiger partial charge in [0.05, 0.1) is 6.21 Å². The second kappa shape index (κ2) is 5.94. The Balaban J connectivity index is 2.36. The molecule has 2 atom stereocenters. The molecule has 106 valence electrons. The van der Waals surface area contributed by atoms with Crippen molar-refractivity contribution >= 4 is 6.21 Å². The van der Waals surface area contributed by atoms with Crippen LogP contribution in [0.2, 0.25) is 0 Å². The highest BCUT2D eigenvalue weighted by Crippen LogP contribution is 2.16. The predicted octanol–water partition coefficient (Wildman–Crippen LogP) is 1.58. The van der Waals surface area contributed by atoms with Gasteiger partial charge in [0.15, 0.2) is 11.6 Å². The van der Waals surface area contributed by atoms with Crippen LogP contribution in [0, 0.1) is 6.92 Å². The zero-order valence-electron chi connectivity index (χ0n) is 11.7. The van der Waals surface area contributed by atoms with E-state index in [4.69, 9.17) is 0 Å². The van der Waals surface area contributed by atoms with Crippen molar-refractivity contribution in [2.75, 3.05) is 0 Å². The molecular weight excluding hydrogens is 256 g/mol. The van der Waals surface area contributed by atoms with E-state index in [0.717, 1.165) is 5.56 Å². The zero-order valence-corrected chi connectivity index (χ0v) is 11.7. The maximum Gasteiger partial charge on any atom is 0.182 e. The lowest BCUT2D eigenvalue weighted by atomic mass is 10.2. The summed E-state index contributed by atoms with van der Waals surface area (Å²) >= 11 is 0. The second-order valence-corrected chi connectivity index (χ2v) is 4.74. The Labute approximate surface area is 117 Å². The van der Waals surface area contributed by atoms with E-state index in [1.807, 2.05) is 31.2 Å². The third-order valence-electron chi connectivity index (χ3n) is 2.84. The highest BCUT2D eigenvalue weighted by atomic mass is 16.3. The van der Waals surface area contributed by atoms with Crippen LogP contribution < -0.4 is 0 Å². The summed E-state index contributed by atoms with van der Waals surface area (Å²) in [6, 6.07) is 7.85. The average molecular weight is 274 g/mol. The highest BCUT2D eigenvalue weighted by molar-refractivity contribution is 5.79. The molecule has 1 aromatic heterocycles. The van der Waals surface area contributed by atoms with Crippen LogP contribution in [0.1, 0.15) is 48.8 Å². The van der Waals surface area contributed by atoms with Crippen LogP contribution in [0.15, 0.2) is 29.4 Å². The van der Waals surface area contributed by atoms with E-state index >= 15 is 0 Å². The van der Waals surface area contributed by atoms with Crippen LogP contribution in [0.25, 0.3) is 0 Å². The number of hydrogen-bond acceptors (Lipinski definition) is 5. The molecule has 0 amide bonds. The molecule has 6 nitrogen and oxygen atoms in total. The average Bonchev–Trinajstić information content (AvgIpc) is 2.82. The van der Waals surface area contributed by atoms with Gasteiger partial charge in [-0.2, -0.15) is 9.78 Å². The highest BCUT2D eigenvalue weighted by Gasteiger charge is 2.18. The molecule has 1 aromatic carbocycles. The minimum absolute atomic E-state index is 0.296. The summed E-state index contributed by atoms with van der Waals surface area (Å²) in [5.41, 5.74) is 2.08. The molecule has 0 aliphatic heterocycles. The van der Waals surface area contributed by atoms with Crippen LogP contribution in [-0.4, -0.2) is 31.3 Å². The van der Waals surface area contributed by atoms with Crippen molar-refractivity contribution in [1.29, 1.82) is 0 Å². The van der Waals surface area contributed by atoms with Crippen molar-refractivity contribution in [2.24, 2.45) is 5.10 Å². The van der Waals surface area contributed by atoms with Gasteiger partial charge < -0.3 is 10.2 Å². The first kappa shape index (κ1) is 14.4. The first-order chi connectivity index (χ1) is 9.49. The molecule has 0 bridgehead atoms. The summed E-state index contributed by atoms with van der Waals surface area (Å²) in [6.07, 6.45) is 0.0101. The van der Waals surface area contributed by atoms with Gasteiger partial charge >= 0.3 is 0 Å². The number of rotatable bonds is 4. The molecule has 2 unspecified atom stereocenters. The smallest absolute Gasteiger partial charge is 0.182 e. The molecule has 6 heteroatoms. The van der Waals surface area contributed by atoms with E-state index in [-0.39, 0.29) is 0 Å². The van der Waals surface area contributed by atoms with E-state index in [1.165, 1.54) is 10.2 Å². The number of benzene rings is 1. The number of aryl methyl sites for hydroxylation is 1. The fourth-order valence-corrected chi connectivity index (χ4v) is 1.72. The molecule has 2 N–H and O–H groups in total. The van der Waals surface area contributed by atoms with Crippen molar-refractivity contribution in [3.05, 3.63) is 47.0 Å².